The number of unbranched alkanes of at least 4 members (excludes halogenated alkanes) is 1. The highest BCUT2D eigenvalue weighted by atomic mass is 19.4. The minimum absolute atomic E-state index is 0.0511. The molecule has 1 unspecified atom stereocenters. The van der Waals surface area contributed by atoms with E-state index in [0.29, 0.717) is 55.7 Å². The Morgan fingerprint density at radius 3 is 2.00 bits per heavy atom. The maximum absolute atomic E-state index is 13.9. The van der Waals surface area contributed by atoms with Gasteiger partial charge in [-0.05, 0) is 81.0 Å². The number of rotatable bonds is 18. The van der Waals surface area contributed by atoms with Crippen molar-refractivity contribution in [2.45, 2.75) is 103 Å². The molecule has 0 aliphatic carbocycles. The molecule has 0 bridgehead atoms. The summed E-state index contributed by atoms with van der Waals surface area (Å²) in [7, 11) is 1.56. The van der Waals surface area contributed by atoms with Gasteiger partial charge in [0.25, 0.3) is 5.91 Å². The fraction of sp³-hybridized carbons (Fsp3) is 0.594. The summed E-state index contributed by atoms with van der Waals surface area (Å²) < 4.78 is 94.7. The van der Waals surface area contributed by atoms with Crippen LogP contribution in [0.3, 0.4) is 0 Å². The fourth-order valence-corrected chi connectivity index (χ4v) is 5.19. The van der Waals surface area contributed by atoms with Crippen molar-refractivity contribution in [1.82, 2.24) is 15.2 Å². The number of hydrogen-bond donors (Lipinski definition) is 1. The van der Waals surface area contributed by atoms with Crippen LogP contribution < -0.4 is 14.8 Å². The van der Waals surface area contributed by atoms with Gasteiger partial charge in [-0.2, -0.15) is 26.3 Å². The molecule has 2 amide bonds. The van der Waals surface area contributed by atoms with E-state index in [-0.39, 0.29) is 49.0 Å². The number of carbonyl (C=O) groups is 2. The zero-order valence-corrected chi connectivity index (χ0v) is 27.3. The summed E-state index contributed by atoms with van der Waals surface area (Å²) >= 11 is 0. The summed E-state index contributed by atoms with van der Waals surface area (Å²) in [5, 5.41) is 4.21. The van der Waals surface area contributed by atoms with Crippen molar-refractivity contribution < 1.29 is 45.4 Å². The van der Waals surface area contributed by atoms with Crippen molar-refractivity contribution in [1.29, 1.82) is 0 Å². The molecule has 15 heteroatoms. The van der Waals surface area contributed by atoms with Gasteiger partial charge in [-0.25, -0.2) is 4.98 Å². The number of carbonyl (C=O) groups excluding carboxylic acids is 2. The van der Waals surface area contributed by atoms with E-state index in [1.165, 1.54) is 11.1 Å². The molecular weight excluding hydrogens is 634 g/mol. The molecule has 262 valence electrons. The van der Waals surface area contributed by atoms with Crippen LogP contribution in [0.5, 0.6) is 11.6 Å². The minimum atomic E-state index is -6.02. The van der Waals surface area contributed by atoms with Crippen molar-refractivity contribution in [3.63, 3.8) is 0 Å². The molecule has 0 spiro atoms. The Morgan fingerprint density at radius 1 is 1.00 bits per heavy atom. The van der Waals surface area contributed by atoms with Crippen molar-refractivity contribution >= 4 is 12.3 Å². The van der Waals surface area contributed by atoms with Crippen LogP contribution in [0, 0.1) is 4.91 Å². The van der Waals surface area contributed by atoms with Gasteiger partial charge in [0.05, 0.1) is 12.7 Å². The van der Waals surface area contributed by atoms with Gasteiger partial charge in [0.15, 0.2) is 0 Å². The van der Waals surface area contributed by atoms with Gasteiger partial charge in [-0.3, -0.25) is 9.59 Å². The molecule has 0 saturated carbocycles. The number of nitroso groups, excluding NO2 is 1. The molecule has 1 heterocycles. The molecule has 0 aliphatic heterocycles. The highest BCUT2D eigenvalue weighted by Crippen LogP contribution is 2.54. The highest BCUT2D eigenvalue weighted by Gasteiger charge is 2.74. The Hall–Kier alpha value is -3.91. The average Bonchev–Trinajstić information content (AvgIpc) is 2.97. The van der Waals surface area contributed by atoms with Crippen LogP contribution in [0.1, 0.15) is 82.6 Å². The van der Waals surface area contributed by atoms with Crippen LogP contribution in [0.4, 0.5) is 26.3 Å². The molecule has 0 saturated heterocycles. The number of halogens is 6. The Balaban J connectivity index is 2.23. The lowest BCUT2D eigenvalue weighted by molar-refractivity contribution is -0.301. The van der Waals surface area contributed by atoms with Crippen LogP contribution in [0.15, 0.2) is 35.6 Å². The standard InChI is InChI=1S/C32H42F6N4O5/c1-7-11-22-17-25(30(41-45,31(33,34)35)32(36,37)38)18-23(12-8-2)27(22)46-16-10-9-15-42(6)28(44)29(5,40-20-43)24-13-14-26(39-19-24)47-21(3)4/h13-14,17-21H,7-12,15-16H2,1-6H3,(H,40,43). The second-order valence-corrected chi connectivity index (χ2v) is 11.6. The Kier molecular flexibility index (Phi) is 13.6. The van der Waals surface area contributed by atoms with E-state index in [1.54, 1.807) is 45.1 Å². The smallest absolute Gasteiger partial charge is 0.430 e. The van der Waals surface area contributed by atoms with E-state index in [9.17, 15) is 40.8 Å². The van der Waals surface area contributed by atoms with Gasteiger partial charge in [-0.15, -0.1) is 4.91 Å². The SMILES string of the molecule is CCCc1cc(C(N=O)(C(F)(F)F)C(F)(F)F)cc(CCC)c1OCCCCN(C)C(=O)C(C)(NC=O)c1ccc(OC(C)C)nc1. The number of likely N-dealkylation sites (N-methyl/N-ethyl adjacent to an activating group) is 1. The third-order valence-electron chi connectivity index (χ3n) is 7.58. The first-order valence-corrected chi connectivity index (χ1v) is 15.3. The second-order valence-electron chi connectivity index (χ2n) is 11.6. The monoisotopic (exact) mass is 676 g/mol. The number of ether oxygens (including phenoxy) is 2. The molecule has 9 nitrogen and oxygen atoms in total. The van der Waals surface area contributed by atoms with Crippen molar-refractivity contribution in [3.8, 4) is 11.6 Å². The van der Waals surface area contributed by atoms with E-state index < -0.39 is 34.9 Å². The van der Waals surface area contributed by atoms with Gasteiger partial charge >= 0.3 is 17.9 Å². The Labute approximate surface area is 270 Å². The van der Waals surface area contributed by atoms with Crippen molar-refractivity contribution in [2.24, 2.45) is 5.18 Å². The zero-order chi connectivity index (χ0) is 35.6. The molecule has 0 aliphatic rings. The summed E-state index contributed by atoms with van der Waals surface area (Å²) in [5.74, 6) is 0.112. The Morgan fingerprint density at radius 2 is 1.57 bits per heavy atom. The minimum Gasteiger partial charge on any atom is -0.493 e. The fourth-order valence-electron chi connectivity index (χ4n) is 5.19. The predicted octanol–water partition coefficient (Wildman–Crippen LogP) is 7.14. The molecule has 1 atom stereocenters. The third-order valence-corrected chi connectivity index (χ3v) is 7.58. The number of benzene rings is 1. The lowest BCUT2D eigenvalue weighted by Crippen LogP contribution is -2.52. The molecule has 2 rings (SSSR count). The molecule has 2 aromatic rings. The maximum Gasteiger partial charge on any atom is 0.430 e. The lowest BCUT2D eigenvalue weighted by atomic mass is 9.85. The largest absolute Gasteiger partial charge is 0.493 e. The number of hydrogen-bond acceptors (Lipinski definition) is 7. The Bertz CT molecular complexity index is 1310. The number of pyridine rings is 1. The quantitative estimate of drug-likeness (QED) is 0.0778. The number of nitrogens with one attached hydrogen (secondary N) is 1. The first-order valence-electron chi connectivity index (χ1n) is 15.3. The van der Waals surface area contributed by atoms with E-state index in [4.69, 9.17) is 9.47 Å². The zero-order valence-electron chi connectivity index (χ0n) is 27.3. The molecule has 1 aromatic carbocycles. The van der Waals surface area contributed by atoms with E-state index in [0.717, 1.165) is 0 Å². The summed E-state index contributed by atoms with van der Waals surface area (Å²) in [6.07, 6.45) is -8.52. The van der Waals surface area contributed by atoms with Crippen LogP contribution in [-0.2, 0) is 33.5 Å². The highest BCUT2D eigenvalue weighted by molar-refractivity contribution is 5.89. The molecule has 47 heavy (non-hydrogen) atoms. The van der Waals surface area contributed by atoms with Gasteiger partial charge in [0.1, 0.15) is 11.3 Å². The van der Waals surface area contributed by atoms with Gasteiger partial charge < -0.3 is 19.7 Å². The molecule has 0 fully saturated rings. The summed E-state index contributed by atoms with van der Waals surface area (Å²) in [6.45, 7) is 8.94. The lowest BCUT2D eigenvalue weighted by Gasteiger charge is -2.32. The van der Waals surface area contributed by atoms with Gasteiger partial charge in [0, 0.05) is 37.0 Å². The van der Waals surface area contributed by atoms with E-state index in [2.05, 4.69) is 10.3 Å². The summed E-state index contributed by atoms with van der Waals surface area (Å²) in [4.78, 5) is 41.9. The number of aromatic nitrogens is 1. The number of alkyl halides is 6. The van der Waals surface area contributed by atoms with E-state index >= 15 is 0 Å². The van der Waals surface area contributed by atoms with Crippen molar-refractivity contribution in [3.05, 3.63) is 57.6 Å². The number of amides is 2. The van der Waals surface area contributed by atoms with Crippen LogP contribution in [0.2, 0.25) is 0 Å². The molecule has 0 radical (unpaired) electrons. The van der Waals surface area contributed by atoms with Crippen molar-refractivity contribution in [2.75, 3.05) is 20.2 Å². The predicted molar refractivity (Wildman–Crippen MR) is 163 cm³/mol. The van der Waals surface area contributed by atoms with Crippen LogP contribution >= 0.6 is 0 Å². The van der Waals surface area contributed by atoms with Gasteiger partial charge in [-0.1, -0.05) is 26.7 Å². The summed E-state index contributed by atoms with van der Waals surface area (Å²) in [6, 6.07) is 4.65. The molecule has 1 aromatic heterocycles. The topological polar surface area (TPSA) is 110 Å². The first-order chi connectivity index (χ1) is 21.9. The van der Waals surface area contributed by atoms with Crippen LogP contribution in [0.25, 0.3) is 0 Å². The average molecular weight is 677 g/mol. The van der Waals surface area contributed by atoms with E-state index in [1.807, 2.05) is 13.8 Å². The van der Waals surface area contributed by atoms with Crippen LogP contribution in [-0.4, -0.2) is 60.9 Å². The second kappa shape index (κ2) is 16.3. The van der Waals surface area contributed by atoms with Gasteiger partial charge in [0.2, 0.25) is 12.3 Å². The summed E-state index contributed by atoms with van der Waals surface area (Å²) in [5.41, 5.74) is -7.00. The molecule has 1 N–H and O–H groups in total. The molecular formula is C32H42F6N4O5. The first kappa shape index (κ1) is 39.3. The maximum atomic E-state index is 13.9. The number of aryl methyl sites for hydroxylation is 2. The number of nitrogens with zero attached hydrogens (tertiary/aromatic N) is 3. The third kappa shape index (κ3) is 8.92. The normalized spacial score (nSPS) is 13.6.